The zero-order valence-corrected chi connectivity index (χ0v) is 20.5. The molecular formula is C24H31N7O3S. The molecule has 1 fully saturated rings. The van der Waals surface area contributed by atoms with Crippen LogP contribution in [0.5, 0.6) is 0 Å². The molecule has 1 atom stereocenters. The molecule has 3 aromatic rings. The quantitative estimate of drug-likeness (QED) is 0.297. The van der Waals surface area contributed by atoms with Crippen molar-refractivity contribution in [2.45, 2.75) is 44.8 Å². The number of nitrogens with zero attached hydrogens (tertiary/aromatic N) is 3. The number of carbonyl (C=O) groups is 2. The van der Waals surface area contributed by atoms with Crippen molar-refractivity contribution in [3.8, 4) is 0 Å². The van der Waals surface area contributed by atoms with Crippen molar-refractivity contribution >= 4 is 44.9 Å². The zero-order chi connectivity index (χ0) is 25.1. The van der Waals surface area contributed by atoms with Crippen molar-refractivity contribution < 1.29 is 14.7 Å². The van der Waals surface area contributed by atoms with Crippen molar-refractivity contribution in [1.82, 2.24) is 15.3 Å². The molecule has 1 saturated heterocycles. The number of nitrogen functional groups attached to an aromatic ring is 1. The molecule has 4 rings (SSSR count). The van der Waals surface area contributed by atoms with Gasteiger partial charge in [-0.05, 0) is 43.0 Å². The third kappa shape index (κ3) is 5.37. The summed E-state index contributed by atoms with van der Waals surface area (Å²) in [4.78, 5) is 35.4. The van der Waals surface area contributed by atoms with Crippen LogP contribution in [0.1, 0.15) is 63.7 Å². The van der Waals surface area contributed by atoms with Gasteiger partial charge in [0.1, 0.15) is 27.3 Å². The van der Waals surface area contributed by atoms with E-state index in [1.54, 1.807) is 12.1 Å². The Kier molecular flexibility index (Phi) is 7.48. The van der Waals surface area contributed by atoms with Crippen LogP contribution < -0.4 is 27.4 Å². The van der Waals surface area contributed by atoms with Crippen LogP contribution in [0, 0.1) is 0 Å². The highest BCUT2D eigenvalue weighted by Gasteiger charge is 2.24. The molecule has 1 aliphatic rings. The number of aliphatic hydroxyl groups excluding tert-OH is 1. The Morgan fingerprint density at radius 3 is 2.63 bits per heavy atom. The van der Waals surface area contributed by atoms with Gasteiger partial charge in [-0.15, -0.1) is 11.3 Å². The minimum Gasteiger partial charge on any atom is -0.397 e. The van der Waals surface area contributed by atoms with Crippen molar-refractivity contribution in [2.24, 2.45) is 11.5 Å². The van der Waals surface area contributed by atoms with Crippen molar-refractivity contribution in [1.29, 1.82) is 0 Å². The van der Waals surface area contributed by atoms with E-state index >= 15 is 0 Å². The molecule has 11 heteroatoms. The van der Waals surface area contributed by atoms with Gasteiger partial charge >= 0.3 is 0 Å². The van der Waals surface area contributed by atoms with Gasteiger partial charge < -0.3 is 32.5 Å². The van der Waals surface area contributed by atoms with E-state index in [0.717, 1.165) is 60.4 Å². The number of piperidine rings is 1. The normalized spacial score (nSPS) is 15.4. The number of hydrogen-bond acceptors (Lipinski definition) is 9. The zero-order valence-electron chi connectivity index (χ0n) is 19.7. The van der Waals surface area contributed by atoms with E-state index in [-0.39, 0.29) is 11.7 Å². The van der Waals surface area contributed by atoms with Crippen molar-refractivity contribution in [3.63, 3.8) is 0 Å². The van der Waals surface area contributed by atoms with E-state index in [4.69, 9.17) is 22.2 Å². The smallest absolute Gasteiger partial charge is 0.267 e. The molecule has 0 saturated carbocycles. The first-order chi connectivity index (χ1) is 16.8. The molecule has 0 bridgehead atoms. The summed E-state index contributed by atoms with van der Waals surface area (Å²) in [6.45, 7) is 4.04. The van der Waals surface area contributed by atoms with Gasteiger partial charge in [0.05, 0.1) is 11.4 Å². The Hall–Kier alpha value is -3.28. The molecule has 0 radical (unpaired) electrons. The number of thiophene rings is 1. The summed E-state index contributed by atoms with van der Waals surface area (Å²) in [5.41, 5.74) is 19.1. The van der Waals surface area contributed by atoms with Gasteiger partial charge in [0.15, 0.2) is 0 Å². The summed E-state index contributed by atoms with van der Waals surface area (Å²) in [7, 11) is 0. The van der Waals surface area contributed by atoms with Crippen LogP contribution in [-0.4, -0.2) is 52.6 Å². The molecule has 4 heterocycles. The maximum absolute atomic E-state index is 11.8. The van der Waals surface area contributed by atoms with Gasteiger partial charge in [0.2, 0.25) is 0 Å². The van der Waals surface area contributed by atoms with Crippen LogP contribution in [-0.2, 0) is 6.42 Å². The summed E-state index contributed by atoms with van der Waals surface area (Å²) in [6, 6.07) is 7.18. The lowest BCUT2D eigenvalue weighted by atomic mass is 10.0. The molecule has 10 nitrogen and oxygen atoms in total. The first-order valence-corrected chi connectivity index (χ1v) is 12.5. The van der Waals surface area contributed by atoms with Gasteiger partial charge in [-0.2, -0.15) is 0 Å². The number of pyridine rings is 2. The lowest BCUT2D eigenvalue weighted by molar-refractivity contribution is 0.0989. The Bertz CT molecular complexity index is 1240. The standard InChI is InChI=1S/C24H31N7O3S/c1-2-4-13-11-18(30-24-19(13)20(25)21(35-24)23(27)34)31-9-7-14(8-10-31)28-12-17(32)15-5-3-6-16(29-15)22(26)33/h3,5-6,11,14,17,28,32H,2,4,7-10,12,25H2,1H3,(H2,26,33)(H2,27,34). The molecule has 35 heavy (non-hydrogen) atoms. The Balaban J connectivity index is 1.41. The van der Waals surface area contributed by atoms with E-state index in [1.807, 2.05) is 0 Å². The predicted molar refractivity (Wildman–Crippen MR) is 137 cm³/mol. The number of aromatic nitrogens is 2. The summed E-state index contributed by atoms with van der Waals surface area (Å²) in [5, 5.41) is 14.7. The van der Waals surface area contributed by atoms with Crippen LogP contribution in [0.4, 0.5) is 11.5 Å². The number of nitrogens with two attached hydrogens (primary N) is 3. The Morgan fingerprint density at radius 2 is 1.97 bits per heavy atom. The number of fused-ring (bicyclic) bond motifs is 1. The number of anilines is 2. The largest absolute Gasteiger partial charge is 0.397 e. The third-order valence-electron chi connectivity index (χ3n) is 6.29. The third-order valence-corrected chi connectivity index (χ3v) is 7.41. The number of carbonyl (C=O) groups excluding carboxylic acids is 2. The SMILES string of the molecule is CCCc1cc(N2CCC(NCC(O)c3cccc(C(N)=O)n3)CC2)nc2sc(C(N)=O)c(N)c12. The van der Waals surface area contributed by atoms with Crippen LogP contribution in [0.2, 0.25) is 0 Å². The molecule has 2 amide bonds. The molecule has 0 aromatic carbocycles. The fraction of sp³-hybridized carbons (Fsp3) is 0.417. The molecule has 8 N–H and O–H groups in total. The van der Waals surface area contributed by atoms with Gasteiger partial charge in [-0.3, -0.25) is 9.59 Å². The highest BCUT2D eigenvalue weighted by atomic mass is 32.1. The van der Waals surface area contributed by atoms with Crippen LogP contribution >= 0.6 is 11.3 Å². The first kappa shape index (κ1) is 24.8. The van der Waals surface area contributed by atoms with Crippen LogP contribution in [0.15, 0.2) is 24.3 Å². The van der Waals surface area contributed by atoms with E-state index in [0.29, 0.717) is 22.8 Å². The fourth-order valence-electron chi connectivity index (χ4n) is 4.47. The molecule has 1 aliphatic heterocycles. The number of rotatable bonds is 9. The van der Waals surface area contributed by atoms with E-state index < -0.39 is 17.9 Å². The Labute approximate surface area is 207 Å². The van der Waals surface area contributed by atoms with Gasteiger partial charge in [-0.25, -0.2) is 9.97 Å². The number of amides is 2. The van der Waals surface area contributed by atoms with E-state index in [9.17, 15) is 14.7 Å². The second kappa shape index (κ2) is 10.5. The van der Waals surface area contributed by atoms with Gasteiger partial charge in [0.25, 0.3) is 11.8 Å². The molecule has 3 aromatic heterocycles. The number of aryl methyl sites for hydroxylation is 1. The molecule has 1 unspecified atom stereocenters. The molecular weight excluding hydrogens is 466 g/mol. The second-order valence-electron chi connectivity index (χ2n) is 8.78. The lowest BCUT2D eigenvalue weighted by Gasteiger charge is -2.34. The summed E-state index contributed by atoms with van der Waals surface area (Å²) in [6.07, 6.45) is 2.71. The maximum Gasteiger partial charge on any atom is 0.267 e. The first-order valence-electron chi connectivity index (χ1n) is 11.7. The van der Waals surface area contributed by atoms with Gasteiger partial charge in [0, 0.05) is 31.1 Å². The van der Waals surface area contributed by atoms with Crippen molar-refractivity contribution in [3.05, 3.63) is 46.1 Å². The summed E-state index contributed by atoms with van der Waals surface area (Å²) >= 11 is 1.25. The monoisotopic (exact) mass is 497 g/mol. The predicted octanol–water partition coefficient (Wildman–Crippen LogP) is 1.72. The van der Waals surface area contributed by atoms with Gasteiger partial charge in [-0.1, -0.05) is 19.4 Å². The highest BCUT2D eigenvalue weighted by molar-refractivity contribution is 7.21. The Morgan fingerprint density at radius 1 is 1.23 bits per heavy atom. The number of hydrogen-bond donors (Lipinski definition) is 5. The number of nitrogens with one attached hydrogen (secondary N) is 1. The number of primary amides is 2. The van der Waals surface area contributed by atoms with E-state index in [1.165, 1.54) is 17.4 Å². The lowest BCUT2D eigenvalue weighted by Crippen LogP contribution is -2.44. The minimum atomic E-state index is -0.836. The highest BCUT2D eigenvalue weighted by Crippen LogP contribution is 2.37. The average molecular weight is 498 g/mol. The second-order valence-corrected chi connectivity index (χ2v) is 9.78. The summed E-state index contributed by atoms with van der Waals surface area (Å²) in [5.74, 6) is -0.270. The molecule has 186 valence electrons. The maximum atomic E-state index is 11.8. The molecule has 0 spiro atoms. The molecule has 0 aliphatic carbocycles. The average Bonchev–Trinajstić information content (AvgIpc) is 3.20. The van der Waals surface area contributed by atoms with Crippen molar-refractivity contribution in [2.75, 3.05) is 30.3 Å². The topological polar surface area (TPSA) is 173 Å². The summed E-state index contributed by atoms with van der Waals surface area (Å²) < 4.78 is 0. The minimum absolute atomic E-state index is 0.136. The fourth-order valence-corrected chi connectivity index (χ4v) is 5.45. The van der Waals surface area contributed by atoms with Crippen LogP contribution in [0.25, 0.3) is 10.2 Å². The number of aliphatic hydroxyl groups is 1. The van der Waals surface area contributed by atoms with Crippen LogP contribution in [0.3, 0.4) is 0 Å². The van der Waals surface area contributed by atoms with E-state index in [2.05, 4.69) is 28.2 Å².